The second-order valence-electron chi connectivity index (χ2n) is 8.51. The van der Waals surface area contributed by atoms with E-state index in [1.54, 1.807) is 11.8 Å². The van der Waals surface area contributed by atoms with E-state index in [-0.39, 0.29) is 11.9 Å². The Morgan fingerprint density at radius 1 is 0.767 bits per heavy atom. The number of thioether (sulfide) groups is 1. The second-order valence-corrected chi connectivity index (χ2v) is 9.49. The number of hydrogen-bond acceptors (Lipinski definition) is 4. The van der Waals surface area contributed by atoms with Crippen LogP contribution in [-0.4, -0.2) is 36.5 Å². The van der Waals surface area contributed by atoms with Crippen molar-refractivity contribution in [2.45, 2.75) is 129 Å². The van der Waals surface area contributed by atoms with E-state index in [0.717, 1.165) is 18.6 Å². The summed E-state index contributed by atoms with van der Waals surface area (Å²) in [6.45, 7) is 4.18. The van der Waals surface area contributed by atoms with Gasteiger partial charge in [-0.1, -0.05) is 103 Å². The molecule has 0 spiro atoms. The predicted molar refractivity (Wildman–Crippen MR) is 131 cm³/mol. The van der Waals surface area contributed by atoms with Gasteiger partial charge in [-0.2, -0.15) is 11.8 Å². The third kappa shape index (κ3) is 20.6. The van der Waals surface area contributed by atoms with E-state index >= 15 is 0 Å². The van der Waals surface area contributed by atoms with E-state index in [4.69, 9.17) is 4.74 Å². The molecule has 0 aromatic carbocycles. The third-order valence-electron chi connectivity index (χ3n) is 5.51. The zero-order chi connectivity index (χ0) is 22.3. The highest BCUT2D eigenvalue weighted by Crippen LogP contribution is 2.13. The van der Waals surface area contributed by atoms with Gasteiger partial charge in [0.05, 0.1) is 6.61 Å². The highest BCUT2D eigenvalue weighted by atomic mass is 32.2. The van der Waals surface area contributed by atoms with Gasteiger partial charge in [0, 0.05) is 6.92 Å². The quantitative estimate of drug-likeness (QED) is 0.144. The number of esters is 1. The molecule has 1 unspecified atom stereocenters. The molecule has 0 aromatic rings. The van der Waals surface area contributed by atoms with Gasteiger partial charge in [0.15, 0.2) is 0 Å². The summed E-state index contributed by atoms with van der Waals surface area (Å²) in [5, 5.41) is 2.69. The Morgan fingerprint density at radius 2 is 1.20 bits per heavy atom. The molecule has 0 aliphatic heterocycles. The Balaban J connectivity index is 3.40. The number of unbranched alkanes of at least 4 members (excludes halogenated alkanes) is 15. The van der Waals surface area contributed by atoms with Crippen molar-refractivity contribution in [3.05, 3.63) is 0 Å². The summed E-state index contributed by atoms with van der Waals surface area (Å²) < 4.78 is 5.36. The second kappa shape index (κ2) is 23.0. The monoisotopic (exact) mass is 443 g/mol. The fourth-order valence-corrected chi connectivity index (χ4v) is 4.12. The summed E-state index contributed by atoms with van der Waals surface area (Å²) in [6.07, 6.45) is 23.9. The summed E-state index contributed by atoms with van der Waals surface area (Å²) in [6, 6.07) is -0.504. The van der Waals surface area contributed by atoms with Gasteiger partial charge >= 0.3 is 5.97 Å². The standard InChI is InChI=1S/C25H49NO3S/c1-4-5-6-7-8-9-10-11-12-13-14-15-16-17-18-19-21-29-25(28)24(20-22-30-3)26-23(2)27/h24H,4-22H2,1-3H3,(H,26,27). The lowest BCUT2D eigenvalue weighted by molar-refractivity contribution is -0.147. The fourth-order valence-electron chi connectivity index (χ4n) is 3.65. The molecule has 0 bridgehead atoms. The Kier molecular flexibility index (Phi) is 22.4. The van der Waals surface area contributed by atoms with E-state index in [1.807, 2.05) is 6.26 Å². The van der Waals surface area contributed by atoms with Crippen LogP contribution >= 0.6 is 11.8 Å². The molecule has 178 valence electrons. The number of amides is 1. The van der Waals surface area contributed by atoms with Gasteiger partial charge in [-0.15, -0.1) is 0 Å². The molecular weight excluding hydrogens is 394 g/mol. The van der Waals surface area contributed by atoms with Crippen molar-refractivity contribution in [3.63, 3.8) is 0 Å². The summed E-state index contributed by atoms with van der Waals surface area (Å²) in [7, 11) is 0. The minimum atomic E-state index is -0.504. The Labute approximate surface area is 191 Å². The van der Waals surface area contributed by atoms with Crippen molar-refractivity contribution in [2.24, 2.45) is 0 Å². The lowest BCUT2D eigenvalue weighted by Gasteiger charge is -2.16. The summed E-state index contributed by atoms with van der Waals surface area (Å²) in [4.78, 5) is 23.3. The highest BCUT2D eigenvalue weighted by molar-refractivity contribution is 7.98. The van der Waals surface area contributed by atoms with Crippen LogP contribution in [0.15, 0.2) is 0 Å². The number of nitrogens with one attached hydrogen (secondary N) is 1. The Bertz CT molecular complexity index is 404. The first kappa shape index (κ1) is 29.3. The molecule has 0 saturated carbocycles. The largest absolute Gasteiger partial charge is 0.464 e. The van der Waals surface area contributed by atoms with Crippen LogP contribution in [0.25, 0.3) is 0 Å². The maximum atomic E-state index is 12.1. The maximum absolute atomic E-state index is 12.1. The van der Waals surface area contributed by atoms with Crippen molar-refractivity contribution in [2.75, 3.05) is 18.6 Å². The molecule has 1 amide bonds. The van der Waals surface area contributed by atoms with Crippen LogP contribution in [0, 0.1) is 0 Å². The van der Waals surface area contributed by atoms with Gasteiger partial charge in [-0.3, -0.25) is 4.79 Å². The normalized spacial score (nSPS) is 12.0. The van der Waals surface area contributed by atoms with Crippen LogP contribution in [0.2, 0.25) is 0 Å². The molecular formula is C25H49NO3S. The SMILES string of the molecule is CCCCCCCCCCCCCCCCCCOC(=O)C(CCSC)NC(C)=O. The molecule has 0 aromatic heterocycles. The van der Waals surface area contributed by atoms with Crippen molar-refractivity contribution in [1.29, 1.82) is 0 Å². The first-order chi connectivity index (χ1) is 14.6. The number of hydrogen-bond donors (Lipinski definition) is 1. The molecule has 5 heteroatoms. The van der Waals surface area contributed by atoms with Gasteiger partial charge in [-0.25, -0.2) is 4.79 Å². The minimum absolute atomic E-state index is 0.180. The van der Waals surface area contributed by atoms with Gasteiger partial charge in [0.25, 0.3) is 0 Å². The number of rotatable bonds is 22. The maximum Gasteiger partial charge on any atom is 0.328 e. The summed E-state index contributed by atoms with van der Waals surface area (Å²) in [5.74, 6) is 0.361. The van der Waals surface area contributed by atoms with Crippen molar-refractivity contribution >= 4 is 23.6 Å². The van der Waals surface area contributed by atoms with E-state index in [9.17, 15) is 9.59 Å². The fraction of sp³-hybridized carbons (Fsp3) is 0.920. The van der Waals surface area contributed by atoms with Crippen molar-refractivity contribution in [3.8, 4) is 0 Å². The number of carbonyl (C=O) groups excluding carboxylic acids is 2. The first-order valence-corrected chi connectivity index (χ1v) is 13.9. The predicted octanol–water partition coefficient (Wildman–Crippen LogP) is 7.05. The molecule has 0 heterocycles. The van der Waals surface area contributed by atoms with E-state index < -0.39 is 6.04 Å². The molecule has 0 radical (unpaired) electrons. The molecule has 1 N–H and O–H groups in total. The van der Waals surface area contributed by atoms with Gasteiger partial charge in [0.2, 0.25) is 5.91 Å². The highest BCUT2D eigenvalue weighted by Gasteiger charge is 2.20. The van der Waals surface area contributed by atoms with Crippen LogP contribution in [-0.2, 0) is 14.3 Å². The third-order valence-corrected chi connectivity index (χ3v) is 6.16. The van der Waals surface area contributed by atoms with Crippen LogP contribution in [0.4, 0.5) is 0 Å². The zero-order valence-corrected chi connectivity index (χ0v) is 21.0. The molecule has 0 aliphatic rings. The molecule has 4 nitrogen and oxygen atoms in total. The molecule has 0 fully saturated rings. The van der Waals surface area contributed by atoms with Crippen molar-refractivity contribution in [1.82, 2.24) is 5.32 Å². The van der Waals surface area contributed by atoms with Crippen LogP contribution in [0.5, 0.6) is 0 Å². The van der Waals surface area contributed by atoms with Gasteiger partial charge < -0.3 is 10.1 Å². The van der Waals surface area contributed by atoms with Crippen LogP contribution < -0.4 is 5.32 Å². The number of ether oxygens (including phenoxy) is 1. The van der Waals surface area contributed by atoms with Gasteiger partial charge in [-0.05, 0) is 24.9 Å². The lowest BCUT2D eigenvalue weighted by Crippen LogP contribution is -2.41. The van der Waals surface area contributed by atoms with Crippen LogP contribution in [0.1, 0.15) is 123 Å². The Hall–Kier alpha value is -0.710. The van der Waals surface area contributed by atoms with E-state index in [2.05, 4.69) is 12.2 Å². The summed E-state index contributed by atoms with van der Waals surface area (Å²) >= 11 is 1.67. The lowest BCUT2D eigenvalue weighted by atomic mass is 10.0. The average molecular weight is 444 g/mol. The zero-order valence-electron chi connectivity index (χ0n) is 20.1. The molecule has 0 aliphatic carbocycles. The van der Waals surface area contributed by atoms with E-state index in [1.165, 1.54) is 96.8 Å². The summed E-state index contributed by atoms with van der Waals surface area (Å²) in [5.41, 5.74) is 0. The van der Waals surface area contributed by atoms with E-state index in [0.29, 0.717) is 13.0 Å². The smallest absolute Gasteiger partial charge is 0.328 e. The molecule has 1 atom stereocenters. The average Bonchev–Trinajstić information content (AvgIpc) is 2.72. The molecule has 0 saturated heterocycles. The topological polar surface area (TPSA) is 55.4 Å². The van der Waals surface area contributed by atoms with Gasteiger partial charge in [0.1, 0.15) is 6.04 Å². The van der Waals surface area contributed by atoms with Crippen molar-refractivity contribution < 1.29 is 14.3 Å². The Morgan fingerprint density at radius 3 is 1.60 bits per heavy atom. The molecule has 0 rings (SSSR count). The first-order valence-electron chi connectivity index (χ1n) is 12.5. The molecule has 30 heavy (non-hydrogen) atoms. The minimum Gasteiger partial charge on any atom is -0.464 e. The number of carbonyl (C=O) groups is 2. The van der Waals surface area contributed by atoms with Crippen LogP contribution in [0.3, 0.4) is 0 Å².